The number of hydroxylamine groups is 1. The van der Waals surface area contributed by atoms with E-state index in [1.165, 1.54) is 0 Å². The number of rotatable bonds is 11. The molecule has 1 aliphatic rings. The highest BCUT2D eigenvalue weighted by Crippen LogP contribution is 2.41. The highest BCUT2D eigenvalue weighted by atomic mass is 19.1. The first kappa shape index (κ1) is 29.4. The minimum atomic E-state index is -0.892. The van der Waals surface area contributed by atoms with E-state index < -0.39 is 29.1 Å². The van der Waals surface area contributed by atoms with E-state index in [-0.39, 0.29) is 12.4 Å². The number of halogens is 2. The Bertz CT molecular complexity index is 1310. The van der Waals surface area contributed by atoms with Gasteiger partial charge in [-0.15, -0.1) is 0 Å². The number of carbonyl (C=O) groups is 1. The molecule has 1 atom stereocenters. The molecular formula is C29H36F2N4O5. The summed E-state index contributed by atoms with van der Waals surface area (Å²) in [4.78, 5) is 21.4. The van der Waals surface area contributed by atoms with Gasteiger partial charge in [0.1, 0.15) is 29.7 Å². The molecule has 1 amide bonds. The lowest BCUT2D eigenvalue weighted by Gasteiger charge is -2.40. The monoisotopic (exact) mass is 558 g/mol. The number of aliphatic hydroxyl groups is 1. The van der Waals surface area contributed by atoms with E-state index in [2.05, 4.69) is 9.88 Å². The van der Waals surface area contributed by atoms with E-state index in [9.17, 15) is 23.9 Å². The maximum absolute atomic E-state index is 13.4. The Morgan fingerprint density at radius 2 is 1.85 bits per heavy atom. The number of piperidine rings is 1. The highest BCUT2D eigenvalue weighted by molar-refractivity contribution is 5.88. The second-order valence-corrected chi connectivity index (χ2v) is 10.4. The second-order valence-electron chi connectivity index (χ2n) is 10.4. The standard InChI is InChI=1S/C29H36F2N4O5/c1-34(2)25-18-32-24-5-4-21(39-3)17-23(24)27(25)26(36)6-7-29(28(37)33-38)8-10-35(11-9-29)12-13-40-22-15-19(30)14-20(31)16-22/h4-5,14-18,26,36,38H,6-13H2,1-3H3,(H,33,37)/t26-/m1/s1. The SMILES string of the molecule is COc1ccc2ncc(N(C)C)c([C@H](O)CCC3(C(=O)NO)CCN(CCOc4cc(F)cc(F)c4)CC3)c2c1. The number of hydrogen-bond donors (Lipinski definition) is 3. The maximum atomic E-state index is 13.4. The molecule has 2 heterocycles. The van der Waals surface area contributed by atoms with Gasteiger partial charge in [0.05, 0.1) is 36.0 Å². The van der Waals surface area contributed by atoms with Crippen molar-refractivity contribution in [1.82, 2.24) is 15.4 Å². The van der Waals surface area contributed by atoms with Gasteiger partial charge in [-0.3, -0.25) is 19.9 Å². The summed E-state index contributed by atoms with van der Waals surface area (Å²) >= 11 is 0. The van der Waals surface area contributed by atoms with E-state index in [1.54, 1.807) is 13.3 Å². The number of pyridine rings is 1. The van der Waals surface area contributed by atoms with Crippen LogP contribution < -0.4 is 19.9 Å². The second kappa shape index (κ2) is 12.8. The Balaban J connectivity index is 1.44. The third-order valence-corrected chi connectivity index (χ3v) is 7.72. The molecule has 2 aromatic carbocycles. The molecule has 3 N–H and O–H groups in total. The fourth-order valence-corrected chi connectivity index (χ4v) is 5.39. The first-order valence-electron chi connectivity index (χ1n) is 13.2. The number of carbonyl (C=O) groups excluding carboxylic acids is 1. The Kier molecular flexibility index (Phi) is 9.39. The van der Waals surface area contributed by atoms with Gasteiger partial charge in [0.15, 0.2) is 0 Å². The van der Waals surface area contributed by atoms with E-state index in [0.29, 0.717) is 56.6 Å². The molecule has 3 aromatic rings. The summed E-state index contributed by atoms with van der Waals surface area (Å²) in [7, 11) is 5.34. The molecule has 1 aliphatic heterocycles. The zero-order valence-electron chi connectivity index (χ0n) is 23.0. The molecule has 1 saturated heterocycles. The largest absolute Gasteiger partial charge is 0.497 e. The third kappa shape index (κ3) is 6.60. The Hall–Kier alpha value is -3.54. The van der Waals surface area contributed by atoms with Crippen molar-refractivity contribution in [1.29, 1.82) is 0 Å². The molecule has 1 fully saturated rings. The average molecular weight is 559 g/mol. The first-order chi connectivity index (χ1) is 19.2. The van der Waals surface area contributed by atoms with Crippen LogP contribution in [0.25, 0.3) is 10.9 Å². The van der Waals surface area contributed by atoms with Crippen molar-refractivity contribution in [2.24, 2.45) is 5.41 Å². The predicted octanol–water partition coefficient (Wildman–Crippen LogP) is 4.07. The van der Waals surface area contributed by atoms with Gasteiger partial charge in [-0.2, -0.15) is 0 Å². The third-order valence-electron chi connectivity index (χ3n) is 7.72. The van der Waals surface area contributed by atoms with Gasteiger partial charge < -0.3 is 19.5 Å². The summed E-state index contributed by atoms with van der Waals surface area (Å²) < 4.78 is 37.7. The molecule has 216 valence electrons. The van der Waals surface area contributed by atoms with Crippen molar-refractivity contribution < 1.29 is 33.4 Å². The van der Waals surface area contributed by atoms with Gasteiger partial charge in [-0.25, -0.2) is 14.3 Å². The highest BCUT2D eigenvalue weighted by Gasteiger charge is 2.41. The number of ether oxygens (including phenoxy) is 2. The Labute approximate surface area is 232 Å². The average Bonchev–Trinajstić information content (AvgIpc) is 2.94. The van der Waals surface area contributed by atoms with Crippen LogP contribution in [0.15, 0.2) is 42.6 Å². The van der Waals surface area contributed by atoms with Crippen molar-refractivity contribution >= 4 is 22.5 Å². The van der Waals surface area contributed by atoms with Gasteiger partial charge in [0.2, 0.25) is 5.91 Å². The lowest BCUT2D eigenvalue weighted by molar-refractivity contribution is -0.143. The van der Waals surface area contributed by atoms with Crippen LogP contribution in [-0.4, -0.2) is 73.6 Å². The lowest BCUT2D eigenvalue weighted by atomic mass is 9.73. The zero-order valence-corrected chi connectivity index (χ0v) is 23.0. The molecule has 0 radical (unpaired) electrons. The molecular weight excluding hydrogens is 522 g/mol. The van der Waals surface area contributed by atoms with Crippen LogP contribution in [0.1, 0.15) is 37.4 Å². The Morgan fingerprint density at radius 3 is 2.48 bits per heavy atom. The minimum Gasteiger partial charge on any atom is -0.497 e. The number of hydrogen-bond acceptors (Lipinski definition) is 8. The number of amides is 1. The summed E-state index contributed by atoms with van der Waals surface area (Å²) in [5, 5.41) is 21.8. The summed E-state index contributed by atoms with van der Waals surface area (Å²) in [6, 6.07) is 8.56. The van der Waals surface area contributed by atoms with Crippen molar-refractivity contribution in [2.45, 2.75) is 31.8 Å². The summed E-state index contributed by atoms with van der Waals surface area (Å²) in [6.07, 6.45) is 2.41. The van der Waals surface area contributed by atoms with Crippen molar-refractivity contribution in [3.8, 4) is 11.5 Å². The number of aromatic nitrogens is 1. The van der Waals surface area contributed by atoms with Gasteiger partial charge in [0, 0.05) is 49.8 Å². The number of methoxy groups -OCH3 is 1. The smallest absolute Gasteiger partial charge is 0.249 e. The van der Waals surface area contributed by atoms with Crippen LogP contribution in [0, 0.1) is 17.0 Å². The van der Waals surface area contributed by atoms with Crippen LogP contribution in [0.2, 0.25) is 0 Å². The van der Waals surface area contributed by atoms with E-state index in [4.69, 9.17) is 9.47 Å². The van der Waals surface area contributed by atoms with Crippen molar-refractivity contribution in [2.75, 3.05) is 52.3 Å². The van der Waals surface area contributed by atoms with Crippen LogP contribution in [0.5, 0.6) is 11.5 Å². The number of nitrogens with zero attached hydrogens (tertiary/aromatic N) is 3. The number of aliphatic hydroxyl groups excluding tert-OH is 1. The molecule has 0 bridgehead atoms. The van der Waals surface area contributed by atoms with Gasteiger partial charge >= 0.3 is 0 Å². The van der Waals surface area contributed by atoms with Crippen LogP contribution in [0.3, 0.4) is 0 Å². The van der Waals surface area contributed by atoms with Gasteiger partial charge in [-0.05, 0) is 57.0 Å². The number of anilines is 1. The van der Waals surface area contributed by atoms with Gasteiger partial charge in [-0.1, -0.05) is 0 Å². The zero-order chi connectivity index (χ0) is 28.9. The summed E-state index contributed by atoms with van der Waals surface area (Å²) in [6.45, 7) is 1.85. The van der Waals surface area contributed by atoms with Crippen LogP contribution in [0.4, 0.5) is 14.5 Å². The van der Waals surface area contributed by atoms with E-state index >= 15 is 0 Å². The first-order valence-corrected chi connectivity index (χ1v) is 13.2. The molecule has 4 rings (SSSR count). The molecule has 0 unspecified atom stereocenters. The van der Waals surface area contributed by atoms with Crippen molar-refractivity contribution in [3.63, 3.8) is 0 Å². The van der Waals surface area contributed by atoms with E-state index in [1.807, 2.05) is 42.7 Å². The molecule has 9 nitrogen and oxygen atoms in total. The quantitative estimate of drug-likeness (QED) is 0.239. The molecule has 0 saturated carbocycles. The van der Waals surface area contributed by atoms with E-state index in [0.717, 1.165) is 34.8 Å². The van der Waals surface area contributed by atoms with Crippen LogP contribution >= 0.6 is 0 Å². The fraction of sp³-hybridized carbons (Fsp3) is 0.448. The number of nitrogens with one attached hydrogen (secondary N) is 1. The molecule has 40 heavy (non-hydrogen) atoms. The normalized spacial score (nSPS) is 16.0. The molecule has 11 heteroatoms. The molecule has 0 spiro atoms. The summed E-state index contributed by atoms with van der Waals surface area (Å²) in [5.41, 5.74) is 3.16. The maximum Gasteiger partial charge on any atom is 0.249 e. The number of fused-ring (bicyclic) bond motifs is 1. The van der Waals surface area contributed by atoms with Gasteiger partial charge in [0.25, 0.3) is 0 Å². The number of likely N-dealkylation sites (tertiary alicyclic amines) is 1. The topological polar surface area (TPSA) is 107 Å². The Morgan fingerprint density at radius 1 is 1.15 bits per heavy atom. The molecule has 1 aromatic heterocycles. The summed E-state index contributed by atoms with van der Waals surface area (Å²) in [5.74, 6) is -1.11. The van der Waals surface area contributed by atoms with Crippen molar-refractivity contribution in [3.05, 3.63) is 59.8 Å². The number of benzene rings is 2. The minimum absolute atomic E-state index is 0.121. The molecule has 0 aliphatic carbocycles. The fourth-order valence-electron chi connectivity index (χ4n) is 5.39. The van der Waals surface area contributed by atoms with Crippen LogP contribution in [-0.2, 0) is 4.79 Å². The lowest BCUT2D eigenvalue weighted by Crippen LogP contribution is -2.49. The predicted molar refractivity (Wildman–Crippen MR) is 147 cm³/mol.